The van der Waals surface area contributed by atoms with Gasteiger partial charge in [-0.15, -0.1) is 0 Å². The normalized spacial score (nSPS) is 11.6. The number of anilines is 1. The van der Waals surface area contributed by atoms with Crippen molar-refractivity contribution in [2.75, 3.05) is 12.3 Å². The fourth-order valence-electron chi connectivity index (χ4n) is 4.02. The number of aromatic nitrogens is 5. The van der Waals surface area contributed by atoms with Crippen LogP contribution in [0.15, 0.2) is 67.4 Å². The Bertz CT molecular complexity index is 1580. The number of nitrogen functional groups attached to an aromatic ring is 1. The van der Waals surface area contributed by atoms with Gasteiger partial charge in [-0.25, -0.2) is 24.3 Å². The van der Waals surface area contributed by atoms with Gasteiger partial charge in [-0.1, -0.05) is 12.1 Å². The maximum atomic E-state index is 14.3. The Kier molecular flexibility index (Phi) is 6.64. The van der Waals surface area contributed by atoms with Crippen LogP contribution < -0.4 is 15.2 Å². The van der Waals surface area contributed by atoms with Gasteiger partial charge in [0.05, 0.1) is 17.5 Å². The lowest BCUT2D eigenvalue weighted by Crippen LogP contribution is -2.29. The van der Waals surface area contributed by atoms with Gasteiger partial charge in [-0.3, -0.25) is 0 Å². The van der Waals surface area contributed by atoms with Crippen LogP contribution in [0, 0.1) is 12.7 Å². The van der Waals surface area contributed by atoms with Crippen LogP contribution >= 0.6 is 0 Å². The second-order valence-corrected chi connectivity index (χ2v) is 9.52. The molecule has 0 aliphatic carbocycles. The summed E-state index contributed by atoms with van der Waals surface area (Å²) in [5.74, 6) is 1.67. The van der Waals surface area contributed by atoms with E-state index in [1.54, 1.807) is 37.5 Å². The molecular weight excluding hydrogens is 487 g/mol. The highest BCUT2D eigenvalue weighted by atomic mass is 19.1. The summed E-state index contributed by atoms with van der Waals surface area (Å²) >= 11 is 0. The number of nitrogens with two attached hydrogens (primary N) is 1. The van der Waals surface area contributed by atoms with Crippen LogP contribution in [0.2, 0.25) is 0 Å². The molecule has 194 valence electrons. The minimum atomic E-state index is -0.593. The molecule has 0 bridgehead atoms. The van der Waals surface area contributed by atoms with Crippen molar-refractivity contribution in [3.05, 3.63) is 84.6 Å². The van der Waals surface area contributed by atoms with Crippen LogP contribution in [-0.4, -0.2) is 36.2 Å². The minimum Gasteiger partial charge on any atom is -0.489 e. The number of hydrogen-bond acceptors (Lipinski definition) is 8. The zero-order valence-electron chi connectivity index (χ0n) is 21.2. The Morgan fingerprint density at radius 2 is 1.68 bits per heavy atom. The number of aliphatic hydroxyl groups excluding tert-OH is 1. The molecule has 5 rings (SSSR count). The summed E-state index contributed by atoms with van der Waals surface area (Å²) in [6, 6.07) is 11.5. The predicted octanol–water partition coefficient (Wildman–Crippen LogP) is 5.02. The average molecular weight is 515 g/mol. The molecule has 0 amide bonds. The number of fused-ring (bicyclic) bond motifs is 1. The average Bonchev–Trinajstić information content (AvgIpc) is 3.30. The number of ether oxygens (including phenoxy) is 2. The highest BCUT2D eigenvalue weighted by molar-refractivity contribution is 6.00. The van der Waals surface area contributed by atoms with Gasteiger partial charge in [0.2, 0.25) is 0 Å². The topological polar surface area (TPSA) is 121 Å². The third-order valence-corrected chi connectivity index (χ3v) is 6.14. The molecule has 0 aliphatic heterocycles. The summed E-state index contributed by atoms with van der Waals surface area (Å²) in [6.45, 7) is 5.75. The van der Waals surface area contributed by atoms with E-state index >= 15 is 0 Å². The van der Waals surface area contributed by atoms with Crippen molar-refractivity contribution >= 4 is 16.9 Å². The summed E-state index contributed by atoms with van der Waals surface area (Å²) < 4.78 is 27.8. The zero-order valence-corrected chi connectivity index (χ0v) is 21.2. The van der Waals surface area contributed by atoms with Gasteiger partial charge in [0.1, 0.15) is 53.3 Å². The molecule has 0 saturated heterocycles. The summed E-state index contributed by atoms with van der Waals surface area (Å²) in [6.07, 6.45) is 6.66. The van der Waals surface area contributed by atoms with Crippen molar-refractivity contribution in [3.63, 3.8) is 0 Å². The van der Waals surface area contributed by atoms with Gasteiger partial charge in [-0.05, 0) is 38.5 Å². The monoisotopic (exact) mass is 514 g/mol. The molecule has 3 N–H and O–H groups in total. The molecular formula is C28H27FN6O3. The summed E-state index contributed by atoms with van der Waals surface area (Å²) in [5.41, 5.74) is 8.72. The lowest BCUT2D eigenvalue weighted by molar-refractivity contribution is 0.168. The molecule has 38 heavy (non-hydrogen) atoms. The molecule has 3 aromatic heterocycles. The van der Waals surface area contributed by atoms with E-state index in [-0.39, 0.29) is 13.2 Å². The molecule has 5 aromatic rings. The Labute approximate surface area is 218 Å². The number of aryl methyl sites for hydroxylation is 1. The second-order valence-electron chi connectivity index (χ2n) is 9.52. The first kappa shape index (κ1) is 25.1. The molecule has 3 heterocycles. The lowest BCUT2D eigenvalue weighted by atomic mass is 10.1. The van der Waals surface area contributed by atoms with Crippen LogP contribution in [0.3, 0.4) is 0 Å². The first-order valence-corrected chi connectivity index (χ1v) is 12.0. The fourth-order valence-corrected chi connectivity index (χ4v) is 4.02. The quantitative estimate of drug-likeness (QED) is 0.296. The minimum absolute atomic E-state index is 0.0783. The lowest BCUT2D eigenvalue weighted by Gasteiger charge is -2.24. The summed E-state index contributed by atoms with van der Waals surface area (Å²) in [7, 11) is 0. The van der Waals surface area contributed by atoms with Crippen molar-refractivity contribution in [1.29, 1.82) is 0 Å². The molecule has 0 atom stereocenters. The van der Waals surface area contributed by atoms with Crippen LogP contribution in [0.25, 0.3) is 22.2 Å². The summed E-state index contributed by atoms with van der Waals surface area (Å²) in [4.78, 5) is 16.8. The zero-order chi connectivity index (χ0) is 26.9. The van der Waals surface area contributed by atoms with E-state index in [0.29, 0.717) is 39.9 Å². The predicted molar refractivity (Wildman–Crippen MR) is 141 cm³/mol. The van der Waals surface area contributed by atoms with Gasteiger partial charge >= 0.3 is 0 Å². The highest BCUT2D eigenvalue weighted by Crippen LogP contribution is 2.37. The Morgan fingerprint density at radius 1 is 0.974 bits per heavy atom. The van der Waals surface area contributed by atoms with E-state index in [9.17, 15) is 9.50 Å². The van der Waals surface area contributed by atoms with Crippen LogP contribution in [0.5, 0.6) is 17.2 Å². The molecule has 2 aromatic carbocycles. The Morgan fingerprint density at radius 3 is 2.39 bits per heavy atom. The molecule has 0 fully saturated rings. The number of benzene rings is 2. The van der Waals surface area contributed by atoms with Gasteiger partial charge in [0, 0.05) is 47.9 Å². The molecule has 10 heteroatoms. The molecule has 0 aliphatic rings. The van der Waals surface area contributed by atoms with E-state index < -0.39 is 11.4 Å². The third-order valence-electron chi connectivity index (χ3n) is 6.14. The van der Waals surface area contributed by atoms with Crippen molar-refractivity contribution in [1.82, 2.24) is 24.5 Å². The van der Waals surface area contributed by atoms with Crippen LogP contribution in [-0.2, 0) is 12.1 Å². The van der Waals surface area contributed by atoms with E-state index in [4.69, 9.17) is 15.2 Å². The molecule has 0 saturated carbocycles. The number of hydrogen-bond donors (Lipinski definition) is 2. The number of aliphatic hydroxyl groups is 1. The number of nitrogens with zero attached hydrogens (tertiary/aromatic N) is 5. The smallest absolute Gasteiger partial charge is 0.146 e. The summed E-state index contributed by atoms with van der Waals surface area (Å²) in [5, 5.41) is 10.6. The molecule has 0 radical (unpaired) electrons. The van der Waals surface area contributed by atoms with Crippen molar-refractivity contribution in [2.24, 2.45) is 0 Å². The standard InChI is InChI=1S/C28H27FN6O3/c1-17-31-11-18(12-32-17)14-37-22-8-20(29)9-23(10-22)38-21-6-4-19(5-7-21)24-13-35(28(2,3)15-36)27-25(24)26(30)33-16-34-27/h4-13,16,36H,14-15H2,1-3H3,(H2,30,33,34). The SMILES string of the molecule is Cc1ncc(COc2cc(F)cc(Oc3ccc(-c4cn(C(C)(C)CO)c5ncnc(N)c45)cc3)c2)cn1. The van der Waals surface area contributed by atoms with E-state index in [2.05, 4.69) is 19.9 Å². The van der Waals surface area contributed by atoms with E-state index in [0.717, 1.165) is 16.7 Å². The maximum Gasteiger partial charge on any atom is 0.146 e. The highest BCUT2D eigenvalue weighted by Gasteiger charge is 2.25. The molecule has 0 unspecified atom stereocenters. The first-order chi connectivity index (χ1) is 18.2. The number of halogens is 1. The molecule has 0 spiro atoms. The molecule has 9 nitrogen and oxygen atoms in total. The maximum absolute atomic E-state index is 14.3. The first-order valence-electron chi connectivity index (χ1n) is 12.0. The van der Waals surface area contributed by atoms with Gasteiger partial charge < -0.3 is 24.9 Å². The van der Waals surface area contributed by atoms with Crippen LogP contribution in [0.4, 0.5) is 10.2 Å². The second kappa shape index (κ2) is 10.1. The third kappa shape index (κ3) is 5.12. The largest absolute Gasteiger partial charge is 0.489 e. The Hall–Kier alpha value is -4.57. The van der Waals surface area contributed by atoms with E-state index in [1.165, 1.54) is 18.5 Å². The fraction of sp³-hybridized carbons (Fsp3) is 0.214. The van der Waals surface area contributed by atoms with Gasteiger partial charge in [0.15, 0.2) is 0 Å². The van der Waals surface area contributed by atoms with E-state index in [1.807, 2.05) is 36.7 Å². The Balaban J connectivity index is 1.38. The number of rotatable bonds is 8. The van der Waals surface area contributed by atoms with Crippen molar-refractivity contribution in [2.45, 2.75) is 32.9 Å². The van der Waals surface area contributed by atoms with Crippen LogP contribution in [0.1, 0.15) is 25.2 Å². The van der Waals surface area contributed by atoms with Gasteiger partial charge in [0.25, 0.3) is 0 Å². The van der Waals surface area contributed by atoms with Gasteiger partial charge in [-0.2, -0.15) is 0 Å². The van der Waals surface area contributed by atoms with Crippen molar-refractivity contribution < 1.29 is 19.0 Å². The van der Waals surface area contributed by atoms with Crippen molar-refractivity contribution in [3.8, 4) is 28.4 Å².